The van der Waals surface area contributed by atoms with Crippen molar-refractivity contribution >= 4 is 27.8 Å². The van der Waals surface area contributed by atoms with E-state index in [9.17, 15) is 0 Å². The predicted molar refractivity (Wildman–Crippen MR) is 116 cm³/mol. The lowest BCUT2D eigenvalue weighted by Gasteiger charge is -2.15. The number of thiazole rings is 1. The minimum Gasteiger partial charge on any atom is -0.378 e. The van der Waals surface area contributed by atoms with Crippen LogP contribution >= 0.6 is 11.3 Å². The molecule has 7 heteroatoms. The van der Waals surface area contributed by atoms with Gasteiger partial charge in [-0.3, -0.25) is 4.57 Å². The molecule has 4 rings (SSSR count). The normalized spacial score (nSPS) is 10.9. The first-order valence-electron chi connectivity index (χ1n) is 8.97. The van der Waals surface area contributed by atoms with Gasteiger partial charge in [-0.15, -0.1) is 11.3 Å². The molecule has 0 bridgehead atoms. The number of hydrogen-bond acceptors (Lipinski definition) is 6. The van der Waals surface area contributed by atoms with Crippen LogP contribution in [-0.4, -0.2) is 33.6 Å². The molecule has 0 saturated carbocycles. The van der Waals surface area contributed by atoms with Crippen molar-refractivity contribution in [2.75, 3.05) is 24.3 Å². The zero-order chi connectivity index (χ0) is 19.7. The van der Waals surface area contributed by atoms with Crippen molar-refractivity contribution in [3.05, 3.63) is 65.7 Å². The Bertz CT molecular complexity index is 1090. The Morgan fingerprint density at radius 1 is 1.07 bits per heavy atom. The van der Waals surface area contributed by atoms with Crippen LogP contribution in [0.2, 0.25) is 0 Å². The first-order valence-corrected chi connectivity index (χ1v) is 9.85. The number of aryl methyl sites for hydroxylation is 2. The zero-order valence-electron chi connectivity index (χ0n) is 16.3. The van der Waals surface area contributed by atoms with Crippen LogP contribution in [0.25, 0.3) is 17.1 Å². The van der Waals surface area contributed by atoms with Crippen LogP contribution in [0.5, 0.6) is 0 Å². The molecule has 4 aromatic rings. The van der Waals surface area contributed by atoms with E-state index >= 15 is 0 Å². The molecule has 0 aliphatic carbocycles. The summed E-state index contributed by atoms with van der Waals surface area (Å²) >= 11 is 1.59. The molecule has 0 aliphatic heterocycles. The summed E-state index contributed by atoms with van der Waals surface area (Å²) in [5.41, 5.74) is 6.27. The van der Waals surface area contributed by atoms with Crippen molar-refractivity contribution in [2.45, 2.75) is 13.8 Å². The third kappa shape index (κ3) is 3.75. The number of anilines is 3. The maximum absolute atomic E-state index is 4.73. The lowest BCUT2D eigenvalue weighted by atomic mass is 10.1. The van der Waals surface area contributed by atoms with Crippen molar-refractivity contribution in [3.8, 4) is 17.1 Å². The molecular formula is C21H22N6S. The molecule has 1 aromatic carbocycles. The fraction of sp³-hybridized carbons (Fsp3) is 0.190. The lowest BCUT2D eigenvalue weighted by Crippen LogP contribution is -2.09. The van der Waals surface area contributed by atoms with Crippen LogP contribution in [0.4, 0.5) is 16.5 Å². The molecule has 3 heterocycles. The zero-order valence-corrected chi connectivity index (χ0v) is 17.2. The summed E-state index contributed by atoms with van der Waals surface area (Å²) in [5, 5.41) is 6.36. The Hall–Kier alpha value is -3.19. The second-order valence-electron chi connectivity index (χ2n) is 6.88. The highest BCUT2D eigenvalue weighted by molar-refractivity contribution is 7.14. The lowest BCUT2D eigenvalue weighted by molar-refractivity contribution is 0.993. The third-order valence-corrected chi connectivity index (χ3v) is 5.26. The van der Waals surface area contributed by atoms with Crippen molar-refractivity contribution in [3.63, 3.8) is 0 Å². The molecule has 0 saturated heterocycles. The van der Waals surface area contributed by atoms with E-state index in [0.717, 1.165) is 39.3 Å². The second-order valence-corrected chi connectivity index (χ2v) is 7.74. The number of rotatable bonds is 5. The van der Waals surface area contributed by atoms with Gasteiger partial charge in [-0.25, -0.2) is 15.0 Å². The van der Waals surface area contributed by atoms with Gasteiger partial charge in [0.1, 0.15) is 12.1 Å². The fourth-order valence-electron chi connectivity index (χ4n) is 2.84. The van der Waals surface area contributed by atoms with Gasteiger partial charge in [0.25, 0.3) is 0 Å². The Kier molecular flexibility index (Phi) is 4.83. The van der Waals surface area contributed by atoms with E-state index in [0.29, 0.717) is 0 Å². The Balaban J connectivity index is 1.54. The Morgan fingerprint density at radius 3 is 2.61 bits per heavy atom. The van der Waals surface area contributed by atoms with Crippen LogP contribution < -0.4 is 10.2 Å². The standard InChI is InChI=1S/C21H22N6S/c1-14-5-7-17(26(3)4)9-18(14)24-21-25-19(12-28-21)16-6-8-20(22-10-16)27-11-15(2)23-13-27/h5-13H,1-4H3,(H,24,25). The van der Waals surface area contributed by atoms with E-state index in [1.54, 1.807) is 17.7 Å². The summed E-state index contributed by atoms with van der Waals surface area (Å²) < 4.78 is 1.91. The molecule has 0 fully saturated rings. The van der Waals surface area contributed by atoms with Gasteiger partial charge in [0.2, 0.25) is 0 Å². The van der Waals surface area contributed by atoms with E-state index in [1.807, 2.05) is 55.5 Å². The van der Waals surface area contributed by atoms with E-state index in [2.05, 4.69) is 45.3 Å². The monoisotopic (exact) mass is 390 g/mol. The number of nitrogens with one attached hydrogen (secondary N) is 1. The van der Waals surface area contributed by atoms with E-state index < -0.39 is 0 Å². The van der Waals surface area contributed by atoms with Gasteiger partial charge < -0.3 is 10.2 Å². The minimum absolute atomic E-state index is 0.842. The SMILES string of the molecule is Cc1cn(-c2ccc(-c3csc(Nc4cc(N(C)C)ccc4C)n3)cn2)cn1. The summed E-state index contributed by atoms with van der Waals surface area (Å²) in [6.07, 6.45) is 5.57. The van der Waals surface area contributed by atoms with Gasteiger partial charge in [0, 0.05) is 48.8 Å². The van der Waals surface area contributed by atoms with Crippen molar-refractivity contribution in [2.24, 2.45) is 0 Å². The van der Waals surface area contributed by atoms with Gasteiger partial charge in [-0.2, -0.15) is 0 Å². The summed E-state index contributed by atoms with van der Waals surface area (Å²) in [7, 11) is 4.08. The number of aromatic nitrogens is 4. The van der Waals surface area contributed by atoms with E-state index in [1.165, 1.54) is 5.56 Å². The van der Waals surface area contributed by atoms with Crippen LogP contribution in [0.3, 0.4) is 0 Å². The fourth-order valence-corrected chi connectivity index (χ4v) is 3.57. The number of benzene rings is 1. The van der Waals surface area contributed by atoms with E-state index in [4.69, 9.17) is 4.98 Å². The molecule has 0 radical (unpaired) electrons. The average molecular weight is 391 g/mol. The van der Waals surface area contributed by atoms with E-state index in [-0.39, 0.29) is 0 Å². The van der Waals surface area contributed by atoms with Crippen molar-refractivity contribution in [1.29, 1.82) is 0 Å². The van der Waals surface area contributed by atoms with Crippen LogP contribution in [-0.2, 0) is 0 Å². The molecule has 142 valence electrons. The maximum Gasteiger partial charge on any atom is 0.187 e. The number of nitrogens with zero attached hydrogens (tertiary/aromatic N) is 5. The molecule has 3 aromatic heterocycles. The Morgan fingerprint density at radius 2 is 1.93 bits per heavy atom. The highest BCUT2D eigenvalue weighted by atomic mass is 32.1. The van der Waals surface area contributed by atoms with Crippen LogP contribution in [0.1, 0.15) is 11.3 Å². The molecule has 0 unspecified atom stereocenters. The van der Waals surface area contributed by atoms with Crippen molar-refractivity contribution < 1.29 is 0 Å². The molecular weight excluding hydrogens is 368 g/mol. The molecule has 0 atom stereocenters. The van der Waals surface area contributed by atoms with Gasteiger partial charge in [0.15, 0.2) is 5.13 Å². The maximum atomic E-state index is 4.73. The molecule has 0 amide bonds. The van der Waals surface area contributed by atoms with Crippen LogP contribution in [0, 0.1) is 13.8 Å². The van der Waals surface area contributed by atoms with Crippen molar-refractivity contribution in [1.82, 2.24) is 19.5 Å². The number of pyridine rings is 1. The summed E-state index contributed by atoms with van der Waals surface area (Å²) in [6.45, 7) is 4.06. The molecule has 1 N–H and O–H groups in total. The quantitative estimate of drug-likeness (QED) is 0.529. The topological polar surface area (TPSA) is 58.9 Å². The molecule has 6 nitrogen and oxygen atoms in total. The second kappa shape index (κ2) is 7.44. The Labute approximate surface area is 168 Å². The molecule has 28 heavy (non-hydrogen) atoms. The minimum atomic E-state index is 0.842. The third-order valence-electron chi connectivity index (χ3n) is 4.50. The largest absolute Gasteiger partial charge is 0.378 e. The summed E-state index contributed by atoms with van der Waals surface area (Å²) in [6, 6.07) is 10.4. The molecule has 0 spiro atoms. The highest BCUT2D eigenvalue weighted by Crippen LogP contribution is 2.30. The van der Waals surface area contributed by atoms with Crippen LogP contribution in [0.15, 0.2) is 54.4 Å². The first-order chi connectivity index (χ1) is 13.5. The number of imidazole rings is 1. The van der Waals surface area contributed by atoms with Gasteiger partial charge in [-0.1, -0.05) is 6.07 Å². The van der Waals surface area contributed by atoms with Gasteiger partial charge >= 0.3 is 0 Å². The van der Waals surface area contributed by atoms with Gasteiger partial charge in [0.05, 0.1) is 11.4 Å². The molecule has 0 aliphatic rings. The summed E-state index contributed by atoms with van der Waals surface area (Å²) in [5.74, 6) is 0.842. The highest BCUT2D eigenvalue weighted by Gasteiger charge is 2.09. The average Bonchev–Trinajstić information content (AvgIpc) is 3.33. The smallest absolute Gasteiger partial charge is 0.187 e. The predicted octanol–water partition coefficient (Wildman–Crippen LogP) is 4.82. The number of hydrogen-bond donors (Lipinski definition) is 1. The first kappa shape index (κ1) is 18.2. The van der Waals surface area contributed by atoms with Gasteiger partial charge in [-0.05, 0) is 43.7 Å². The summed E-state index contributed by atoms with van der Waals surface area (Å²) in [4.78, 5) is 15.6.